The molecule has 5 heteroatoms. The van der Waals surface area contributed by atoms with Crippen molar-refractivity contribution in [2.75, 3.05) is 13.2 Å². The predicted molar refractivity (Wildman–Crippen MR) is 82.5 cm³/mol. The standard InChI is InChI=1S/C16H17ClN2O2/c17-15-9-13(12-6-1-2-7-14(12)18-15)16(21)19-8-4-3-5-11(19)10-20/h1-2,6-7,9,11,20H,3-5,8,10H2. The van der Waals surface area contributed by atoms with E-state index in [1.54, 1.807) is 11.0 Å². The summed E-state index contributed by atoms with van der Waals surface area (Å²) in [5.74, 6) is -0.0748. The molecule has 1 aromatic carbocycles. The Morgan fingerprint density at radius 3 is 3.00 bits per heavy atom. The molecule has 0 saturated carbocycles. The van der Waals surface area contributed by atoms with Gasteiger partial charge in [-0.3, -0.25) is 4.79 Å². The van der Waals surface area contributed by atoms with E-state index in [-0.39, 0.29) is 18.6 Å². The summed E-state index contributed by atoms with van der Waals surface area (Å²) in [7, 11) is 0. The number of fused-ring (bicyclic) bond motifs is 1. The zero-order valence-electron chi connectivity index (χ0n) is 11.6. The molecule has 110 valence electrons. The number of nitrogens with zero attached hydrogens (tertiary/aromatic N) is 2. The zero-order valence-corrected chi connectivity index (χ0v) is 12.4. The number of carbonyl (C=O) groups is 1. The van der Waals surface area contributed by atoms with E-state index in [1.807, 2.05) is 24.3 Å². The molecule has 4 nitrogen and oxygen atoms in total. The molecule has 1 aliphatic heterocycles. The first-order chi connectivity index (χ1) is 10.2. The number of rotatable bonds is 2. The van der Waals surface area contributed by atoms with Crippen molar-refractivity contribution in [2.24, 2.45) is 0 Å². The Bertz CT molecular complexity index is 674. The summed E-state index contributed by atoms with van der Waals surface area (Å²) < 4.78 is 0. The SMILES string of the molecule is O=C(c1cc(Cl)nc2ccccc12)N1CCCCC1CO. The summed E-state index contributed by atoms with van der Waals surface area (Å²) in [6.07, 6.45) is 2.87. The monoisotopic (exact) mass is 304 g/mol. The van der Waals surface area contributed by atoms with Crippen molar-refractivity contribution in [1.82, 2.24) is 9.88 Å². The van der Waals surface area contributed by atoms with Crippen LogP contribution in [0.25, 0.3) is 10.9 Å². The lowest BCUT2D eigenvalue weighted by Gasteiger charge is -2.34. The molecule has 0 spiro atoms. The van der Waals surface area contributed by atoms with Crippen LogP contribution in [0.3, 0.4) is 0 Å². The summed E-state index contributed by atoms with van der Waals surface area (Å²) in [4.78, 5) is 18.9. The first-order valence-electron chi connectivity index (χ1n) is 7.18. The van der Waals surface area contributed by atoms with Gasteiger partial charge >= 0.3 is 0 Å². The van der Waals surface area contributed by atoms with Gasteiger partial charge in [-0.1, -0.05) is 29.8 Å². The van der Waals surface area contributed by atoms with Gasteiger partial charge in [0.05, 0.1) is 23.7 Å². The van der Waals surface area contributed by atoms with E-state index in [2.05, 4.69) is 4.98 Å². The number of likely N-dealkylation sites (tertiary alicyclic amines) is 1. The van der Waals surface area contributed by atoms with Gasteiger partial charge in [-0.2, -0.15) is 0 Å². The van der Waals surface area contributed by atoms with Gasteiger partial charge in [-0.15, -0.1) is 0 Å². The molecule has 1 aromatic heterocycles. The van der Waals surface area contributed by atoms with Gasteiger partial charge < -0.3 is 10.0 Å². The second kappa shape index (κ2) is 6.00. The number of hydrogen-bond acceptors (Lipinski definition) is 3. The lowest BCUT2D eigenvalue weighted by molar-refractivity contribution is 0.0505. The van der Waals surface area contributed by atoms with E-state index < -0.39 is 0 Å². The number of carbonyl (C=O) groups excluding carboxylic acids is 1. The highest BCUT2D eigenvalue weighted by atomic mass is 35.5. The third kappa shape index (κ3) is 2.74. The van der Waals surface area contributed by atoms with E-state index in [4.69, 9.17) is 11.6 Å². The molecule has 0 bridgehead atoms. The first-order valence-corrected chi connectivity index (χ1v) is 7.55. The lowest BCUT2D eigenvalue weighted by atomic mass is 10.0. The second-order valence-corrected chi connectivity index (χ2v) is 5.73. The highest BCUT2D eigenvalue weighted by Gasteiger charge is 2.28. The molecule has 1 unspecified atom stereocenters. The molecule has 1 atom stereocenters. The van der Waals surface area contributed by atoms with E-state index in [0.717, 1.165) is 24.6 Å². The second-order valence-electron chi connectivity index (χ2n) is 5.34. The van der Waals surface area contributed by atoms with E-state index in [9.17, 15) is 9.90 Å². The number of aromatic nitrogens is 1. The minimum atomic E-state index is -0.100. The third-order valence-corrected chi connectivity index (χ3v) is 4.21. The molecule has 0 aliphatic carbocycles. The molecule has 1 aliphatic rings. The van der Waals surface area contributed by atoms with Crippen LogP contribution in [0, 0.1) is 0 Å². The summed E-state index contributed by atoms with van der Waals surface area (Å²) in [6, 6.07) is 9.00. The Kier molecular flexibility index (Phi) is 4.08. The molecule has 0 radical (unpaired) electrons. The number of aliphatic hydroxyl groups is 1. The van der Waals surface area contributed by atoms with Crippen LogP contribution in [0.4, 0.5) is 0 Å². The summed E-state index contributed by atoms with van der Waals surface area (Å²) in [5, 5.41) is 10.6. The topological polar surface area (TPSA) is 53.4 Å². The Labute approximate surface area is 128 Å². The smallest absolute Gasteiger partial charge is 0.254 e. The fourth-order valence-electron chi connectivity index (χ4n) is 2.93. The number of halogens is 1. The van der Waals surface area contributed by atoms with Gasteiger partial charge in [-0.05, 0) is 31.4 Å². The van der Waals surface area contributed by atoms with Crippen LogP contribution in [0.2, 0.25) is 5.15 Å². The van der Waals surface area contributed by atoms with Crippen LogP contribution in [0.1, 0.15) is 29.6 Å². The average Bonchev–Trinajstić information content (AvgIpc) is 2.53. The number of aliphatic hydroxyl groups excluding tert-OH is 1. The minimum absolute atomic E-state index is 0.00247. The number of hydrogen-bond donors (Lipinski definition) is 1. The van der Waals surface area contributed by atoms with Crippen molar-refractivity contribution >= 4 is 28.4 Å². The summed E-state index contributed by atoms with van der Waals surface area (Å²) in [5.41, 5.74) is 1.27. The fourth-order valence-corrected chi connectivity index (χ4v) is 3.13. The maximum atomic E-state index is 12.9. The molecule has 2 aromatic rings. The maximum Gasteiger partial charge on any atom is 0.254 e. The maximum absolute atomic E-state index is 12.9. The highest BCUT2D eigenvalue weighted by Crippen LogP contribution is 2.25. The highest BCUT2D eigenvalue weighted by molar-refractivity contribution is 6.30. The van der Waals surface area contributed by atoms with Gasteiger partial charge in [0.15, 0.2) is 0 Å². The van der Waals surface area contributed by atoms with Crippen LogP contribution in [-0.4, -0.2) is 40.1 Å². The molecule has 21 heavy (non-hydrogen) atoms. The van der Waals surface area contributed by atoms with Crippen LogP contribution in [0.5, 0.6) is 0 Å². The van der Waals surface area contributed by atoms with E-state index in [0.29, 0.717) is 22.8 Å². The summed E-state index contributed by atoms with van der Waals surface area (Å²) in [6.45, 7) is 0.681. The third-order valence-electron chi connectivity index (χ3n) is 4.01. The van der Waals surface area contributed by atoms with Crippen molar-refractivity contribution in [1.29, 1.82) is 0 Å². The molecular formula is C16H17ClN2O2. The van der Waals surface area contributed by atoms with Crippen LogP contribution in [0.15, 0.2) is 30.3 Å². The molecule has 3 rings (SSSR count). The van der Waals surface area contributed by atoms with E-state index in [1.165, 1.54) is 0 Å². The fraction of sp³-hybridized carbons (Fsp3) is 0.375. The quantitative estimate of drug-likeness (QED) is 0.868. The Hall–Kier alpha value is -1.65. The molecule has 1 saturated heterocycles. The molecule has 1 fully saturated rings. The van der Waals surface area contributed by atoms with Crippen LogP contribution in [-0.2, 0) is 0 Å². The van der Waals surface area contributed by atoms with Crippen molar-refractivity contribution in [3.63, 3.8) is 0 Å². The van der Waals surface area contributed by atoms with Crippen LogP contribution < -0.4 is 0 Å². The predicted octanol–water partition coefficient (Wildman–Crippen LogP) is 2.88. The Morgan fingerprint density at radius 2 is 2.19 bits per heavy atom. The number of piperidine rings is 1. The van der Waals surface area contributed by atoms with Crippen LogP contribution >= 0.6 is 11.6 Å². The molecular weight excluding hydrogens is 288 g/mol. The number of benzene rings is 1. The van der Waals surface area contributed by atoms with Gasteiger partial charge in [0.2, 0.25) is 0 Å². The Balaban J connectivity index is 2.04. The minimum Gasteiger partial charge on any atom is -0.394 e. The van der Waals surface area contributed by atoms with Crippen molar-refractivity contribution in [3.8, 4) is 0 Å². The van der Waals surface area contributed by atoms with Crippen molar-refractivity contribution in [2.45, 2.75) is 25.3 Å². The molecule has 2 heterocycles. The Morgan fingerprint density at radius 1 is 1.38 bits per heavy atom. The van der Waals surface area contributed by atoms with E-state index >= 15 is 0 Å². The molecule has 1 amide bonds. The van der Waals surface area contributed by atoms with Gasteiger partial charge in [0.1, 0.15) is 5.15 Å². The number of para-hydroxylation sites is 1. The lowest BCUT2D eigenvalue weighted by Crippen LogP contribution is -2.45. The van der Waals surface area contributed by atoms with Gasteiger partial charge in [-0.25, -0.2) is 4.98 Å². The van der Waals surface area contributed by atoms with Gasteiger partial charge in [0, 0.05) is 11.9 Å². The zero-order chi connectivity index (χ0) is 14.8. The normalized spacial score (nSPS) is 19.0. The summed E-state index contributed by atoms with van der Waals surface area (Å²) >= 11 is 6.05. The van der Waals surface area contributed by atoms with Crippen molar-refractivity contribution < 1.29 is 9.90 Å². The molecule has 1 N–H and O–H groups in total. The first kappa shape index (κ1) is 14.3. The number of pyridine rings is 1. The van der Waals surface area contributed by atoms with Gasteiger partial charge in [0.25, 0.3) is 5.91 Å². The largest absolute Gasteiger partial charge is 0.394 e. The van der Waals surface area contributed by atoms with Crippen molar-refractivity contribution in [3.05, 3.63) is 41.0 Å². The average molecular weight is 305 g/mol. The number of amides is 1.